The number of hydrogen-bond donors (Lipinski definition) is 0. The summed E-state index contributed by atoms with van der Waals surface area (Å²) in [6.07, 6.45) is 0. The molecular formula is C16H10ClNOS. The molecule has 0 saturated heterocycles. The van der Waals surface area contributed by atoms with Gasteiger partial charge in [0.15, 0.2) is 0 Å². The molecule has 1 heterocycles. The van der Waals surface area contributed by atoms with E-state index in [1.807, 2.05) is 48.5 Å². The van der Waals surface area contributed by atoms with Crippen molar-refractivity contribution in [3.05, 3.63) is 76.1 Å². The first-order valence-corrected chi connectivity index (χ1v) is 7.23. The van der Waals surface area contributed by atoms with Crippen LogP contribution in [0.15, 0.2) is 60.7 Å². The number of carbonyl (C=O) groups is 1. The van der Waals surface area contributed by atoms with Gasteiger partial charge in [-0.2, -0.15) is 4.37 Å². The second kappa shape index (κ2) is 5.57. The summed E-state index contributed by atoms with van der Waals surface area (Å²) in [6.45, 7) is 0. The van der Waals surface area contributed by atoms with Crippen molar-refractivity contribution in [1.29, 1.82) is 0 Å². The van der Waals surface area contributed by atoms with Gasteiger partial charge < -0.3 is 0 Å². The molecule has 1 aromatic heterocycles. The van der Waals surface area contributed by atoms with Crippen molar-refractivity contribution < 1.29 is 4.79 Å². The molecule has 0 aliphatic carbocycles. The van der Waals surface area contributed by atoms with Crippen molar-refractivity contribution >= 4 is 28.9 Å². The minimum absolute atomic E-state index is 0.0877. The number of ketones is 1. The number of nitrogens with zero attached hydrogens (tertiary/aromatic N) is 1. The Hall–Kier alpha value is -1.97. The monoisotopic (exact) mass is 299 g/mol. The Balaban J connectivity index is 2.01. The van der Waals surface area contributed by atoms with E-state index in [0.717, 1.165) is 17.1 Å². The Bertz CT molecular complexity index is 738. The van der Waals surface area contributed by atoms with Crippen molar-refractivity contribution in [2.24, 2.45) is 0 Å². The number of carbonyl (C=O) groups excluding carboxylic acids is 1. The highest BCUT2D eigenvalue weighted by atomic mass is 35.5. The molecule has 2 aromatic carbocycles. The SMILES string of the molecule is O=C(c1ccccc1)c1snc(-c2ccccc2)c1Cl. The predicted octanol–water partition coefficient (Wildman–Crippen LogP) is 4.69. The highest BCUT2D eigenvalue weighted by Gasteiger charge is 2.20. The number of benzene rings is 2. The topological polar surface area (TPSA) is 30.0 Å². The highest BCUT2D eigenvalue weighted by Crippen LogP contribution is 2.33. The fraction of sp³-hybridized carbons (Fsp3) is 0. The largest absolute Gasteiger partial charge is 0.288 e. The first kappa shape index (κ1) is 13.0. The van der Waals surface area contributed by atoms with Gasteiger partial charge in [-0.1, -0.05) is 72.3 Å². The summed E-state index contributed by atoms with van der Waals surface area (Å²) in [7, 11) is 0. The van der Waals surface area contributed by atoms with Gasteiger partial charge in [-0.15, -0.1) is 0 Å². The lowest BCUT2D eigenvalue weighted by molar-refractivity contribution is 0.104. The van der Waals surface area contributed by atoms with E-state index < -0.39 is 0 Å². The van der Waals surface area contributed by atoms with Crippen molar-refractivity contribution in [2.45, 2.75) is 0 Å². The third-order valence-electron chi connectivity index (χ3n) is 2.92. The van der Waals surface area contributed by atoms with E-state index in [1.165, 1.54) is 0 Å². The predicted molar refractivity (Wildman–Crippen MR) is 82.4 cm³/mol. The molecule has 0 bridgehead atoms. The van der Waals surface area contributed by atoms with Crippen LogP contribution in [0.5, 0.6) is 0 Å². The summed E-state index contributed by atoms with van der Waals surface area (Å²) in [5.41, 5.74) is 2.20. The number of halogens is 1. The van der Waals surface area contributed by atoms with Crippen molar-refractivity contribution in [1.82, 2.24) is 4.37 Å². The fourth-order valence-corrected chi connectivity index (χ4v) is 3.06. The summed E-state index contributed by atoms with van der Waals surface area (Å²) in [6, 6.07) is 18.7. The van der Waals surface area contributed by atoms with E-state index in [4.69, 9.17) is 11.6 Å². The summed E-state index contributed by atoms with van der Waals surface area (Å²) in [5.74, 6) is -0.0877. The average Bonchev–Trinajstić information content (AvgIpc) is 2.90. The van der Waals surface area contributed by atoms with Crippen LogP contribution < -0.4 is 0 Å². The minimum atomic E-state index is -0.0877. The molecule has 0 aliphatic rings. The van der Waals surface area contributed by atoms with Gasteiger partial charge in [0.1, 0.15) is 10.6 Å². The minimum Gasteiger partial charge on any atom is -0.288 e. The van der Waals surface area contributed by atoms with Crippen LogP contribution >= 0.6 is 23.1 Å². The highest BCUT2D eigenvalue weighted by molar-refractivity contribution is 7.09. The maximum absolute atomic E-state index is 12.4. The second-order valence-electron chi connectivity index (χ2n) is 4.24. The van der Waals surface area contributed by atoms with Crippen LogP contribution in [0.2, 0.25) is 5.02 Å². The van der Waals surface area contributed by atoms with Gasteiger partial charge >= 0.3 is 0 Å². The van der Waals surface area contributed by atoms with Crippen LogP contribution in [-0.4, -0.2) is 10.2 Å². The Labute approximate surface area is 125 Å². The zero-order chi connectivity index (χ0) is 13.9. The van der Waals surface area contributed by atoms with Crippen LogP contribution in [0.3, 0.4) is 0 Å². The summed E-state index contributed by atoms with van der Waals surface area (Å²) >= 11 is 7.47. The molecule has 0 unspecified atom stereocenters. The standard InChI is InChI=1S/C16H10ClNOS/c17-13-14(11-7-3-1-4-8-11)18-20-16(13)15(19)12-9-5-2-6-10-12/h1-10H. The van der Waals surface area contributed by atoms with Crippen LogP contribution in [-0.2, 0) is 0 Å². The van der Waals surface area contributed by atoms with Gasteiger partial charge in [0.05, 0.1) is 5.02 Å². The molecule has 0 saturated carbocycles. The normalized spacial score (nSPS) is 10.4. The molecule has 20 heavy (non-hydrogen) atoms. The molecule has 0 atom stereocenters. The molecule has 0 spiro atoms. The summed E-state index contributed by atoms with van der Waals surface area (Å²) in [5, 5.41) is 0.426. The van der Waals surface area contributed by atoms with E-state index in [2.05, 4.69) is 4.37 Å². The molecule has 0 fully saturated rings. The fourth-order valence-electron chi connectivity index (χ4n) is 1.92. The van der Waals surface area contributed by atoms with E-state index >= 15 is 0 Å². The van der Waals surface area contributed by atoms with Gasteiger partial charge in [0.25, 0.3) is 0 Å². The third kappa shape index (κ3) is 2.38. The molecular weight excluding hydrogens is 290 g/mol. The molecule has 0 amide bonds. The van der Waals surface area contributed by atoms with E-state index in [9.17, 15) is 4.79 Å². The van der Waals surface area contributed by atoms with Crippen molar-refractivity contribution in [2.75, 3.05) is 0 Å². The van der Waals surface area contributed by atoms with Gasteiger partial charge in [-0.25, -0.2) is 0 Å². The van der Waals surface area contributed by atoms with Gasteiger partial charge in [0.2, 0.25) is 5.78 Å². The molecule has 4 heteroatoms. The van der Waals surface area contributed by atoms with Crippen molar-refractivity contribution in [3.8, 4) is 11.3 Å². The van der Waals surface area contributed by atoms with Crippen LogP contribution in [0, 0.1) is 0 Å². The number of aromatic nitrogens is 1. The molecule has 0 N–H and O–H groups in total. The van der Waals surface area contributed by atoms with E-state index in [1.54, 1.807) is 12.1 Å². The van der Waals surface area contributed by atoms with Gasteiger partial charge in [-0.3, -0.25) is 4.79 Å². The smallest absolute Gasteiger partial charge is 0.206 e. The van der Waals surface area contributed by atoms with Crippen molar-refractivity contribution in [3.63, 3.8) is 0 Å². The molecule has 3 aromatic rings. The number of rotatable bonds is 3. The lowest BCUT2D eigenvalue weighted by Crippen LogP contribution is -1.98. The average molecular weight is 300 g/mol. The Morgan fingerprint density at radius 2 is 1.55 bits per heavy atom. The van der Waals surface area contributed by atoms with E-state index in [0.29, 0.717) is 21.2 Å². The second-order valence-corrected chi connectivity index (χ2v) is 5.39. The third-order valence-corrected chi connectivity index (χ3v) is 4.25. The van der Waals surface area contributed by atoms with Crippen LogP contribution in [0.25, 0.3) is 11.3 Å². The quantitative estimate of drug-likeness (QED) is 0.656. The Kier molecular flexibility index (Phi) is 3.63. The van der Waals surface area contributed by atoms with Gasteiger partial charge in [0, 0.05) is 11.1 Å². The molecule has 0 radical (unpaired) electrons. The lowest BCUT2D eigenvalue weighted by atomic mass is 10.1. The maximum Gasteiger partial charge on any atom is 0.206 e. The molecule has 98 valence electrons. The first-order valence-electron chi connectivity index (χ1n) is 6.07. The van der Waals surface area contributed by atoms with E-state index in [-0.39, 0.29) is 5.78 Å². The van der Waals surface area contributed by atoms with Crippen LogP contribution in [0.4, 0.5) is 0 Å². The first-order chi connectivity index (χ1) is 9.77. The molecule has 3 rings (SSSR count). The summed E-state index contributed by atoms with van der Waals surface area (Å²) in [4.78, 5) is 12.9. The molecule has 2 nitrogen and oxygen atoms in total. The lowest BCUT2D eigenvalue weighted by Gasteiger charge is -1.99. The maximum atomic E-state index is 12.4. The van der Waals surface area contributed by atoms with Crippen LogP contribution in [0.1, 0.15) is 15.2 Å². The Morgan fingerprint density at radius 1 is 0.950 bits per heavy atom. The number of hydrogen-bond acceptors (Lipinski definition) is 3. The zero-order valence-corrected chi connectivity index (χ0v) is 12.0. The zero-order valence-electron chi connectivity index (χ0n) is 10.4. The summed E-state index contributed by atoms with van der Waals surface area (Å²) < 4.78 is 4.32. The molecule has 0 aliphatic heterocycles. The Morgan fingerprint density at radius 3 is 2.20 bits per heavy atom. The van der Waals surface area contributed by atoms with Gasteiger partial charge in [-0.05, 0) is 11.5 Å².